The van der Waals surface area contributed by atoms with Gasteiger partial charge >= 0.3 is 7.82 Å². The molecule has 0 spiro atoms. The lowest BCUT2D eigenvalue weighted by Crippen LogP contribution is -2.02. The van der Waals surface area contributed by atoms with Crippen LogP contribution in [0.3, 0.4) is 0 Å². The number of carbonyl (C=O) groups excluding carboxylic acids is 1. The molecular weight excluding hydrogens is 272 g/mol. The molecule has 0 unspecified atom stereocenters. The van der Waals surface area contributed by atoms with Crippen LogP contribution in [0.5, 0.6) is 5.75 Å². The molecule has 0 amide bonds. The van der Waals surface area contributed by atoms with Gasteiger partial charge in [-0.2, -0.15) is 4.39 Å². The zero-order valence-electron chi connectivity index (χ0n) is 9.11. The Bertz CT molecular complexity index is 479. The molecule has 0 saturated carbocycles. The van der Waals surface area contributed by atoms with Crippen LogP contribution in [0.15, 0.2) is 0 Å². The summed E-state index contributed by atoms with van der Waals surface area (Å²) in [5.74, 6) is -1.32. The standard InChI is InChI=1S/C8H8FNO3.H3O4P/c1-4-7(13)5(2-11)6(3-12)8(9)10-4;1-5(2,3)4/h2,12-13H,3H2,1H3;(H3,1,2,3,4). The van der Waals surface area contributed by atoms with Crippen molar-refractivity contribution in [3.63, 3.8) is 0 Å². The van der Waals surface area contributed by atoms with Crippen molar-refractivity contribution in [2.45, 2.75) is 13.5 Å². The summed E-state index contributed by atoms with van der Waals surface area (Å²) in [6.45, 7) is 0.702. The average molecular weight is 283 g/mol. The van der Waals surface area contributed by atoms with Gasteiger partial charge in [0.2, 0.25) is 5.95 Å². The summed E-state index contributed by atoms with van der Waals surface area (Å²) in [5.41, 5.74) is -0.498. The highest BCUT2D eigenvalue weighted by molar-refractivity contribution is 7.45. The number of aliphatic hydroxyl groups excluding tert-OH is 1. The van der Waals surface area contributed by atoms with Crippen molar-refractivity contribution in [2.24, 2.45) is 0 Å². The number of pyridine rings is 1. The lowest BCUT2D eigenvalue weighted by atomic mass is 10.1. The highest BCUT2D eigenvalue weighted by Crippen LogP contribution is 2.26. The quantitative estimate of drug-likeness (QED) is 0.280. The van der Waals surface area contributed by atoms with E-state index in [1.807, 2.05) is 0 Å². The van der Waals surface area contributed by atoms with E-state index in [0.717, 1.165) is 0 Å². The van der Waals surface area contributed by atoms with Gasteiger partial charge in [0.25, 0.3) is 0 Å². The lowest BCUT2D eigenvalue weighted by molar-refractivity contribution is 0.111. The van der Waals surface area contributed by atoms with E-state index in [4.69, 9.17) is 24.4 Å². The fraction of sp³-hybridized carbons (Fsp3) is 0.250. The van der Waals surface area contributed by atoms with Crippen molar-refractivity contribution in [1.82, 2.24) is 4.98 Å². The Balaban J connectivity index is 0.000000494. The minimum Gasteiger partial charge on any atom is -0.505 e. The van der Waals surface area contributed by atoms with Crippen molar-refractivity contribution in [3.05, 3.63) is 22.8 Å². The van der Waals surface area contributed by atoms with Crippen LogP contribution in [-0.4, -0.2) is 36.2 Å². The Morgan fingerprint density at radius 2 is 1.83 bits per heavy atom. The molecule has 8 nitrogen and oxygen atoms in total. The molecule has 18 heavy (non-hydrogen) atoms. The second-order valence-corrected chi connectivity index (χ2v) is 4.04. The van der Waals surface area contributed by atoms with E-state index < -0.39 is 20.4 Å². The molecule has 0 atom stereocenters. The number of carbonyl (C=O) groups is 1. The van der Waals surface area contributed by atoms with Crippen LogP contribution in [0.4, 0.5) is 4.39 Å². The lowest BCUT2D eigenvalue weighted by Gasteiger charge is -2.06. The molecule has 10 heteroatoms. The molecule has 0 aliphatic rings. The molecule has 1 heterocycles. The van der Waals surface area contributed by atoms with Gasteiger partial charge in [-0.3, -0.25) is 4.79 Å². The SMILES string of the molecule is Cc1nc(F)c(CO)c(C=O)c1O.O=P(O)(O)O. The number of rotatable bonds is 2. The first kappa shape index (κ1) is 16.6. The fourth-order valence-corrected chi connectivity index (χ4v) is 0.994. The highest BCUT2D eigenvalue weighted by atomic mass is 31.2. The zero-order chi connectivity index (χ0) is 14.5. The monoisotopic (exact) mass is 283 g/mol. The Kier molecular flexibility index (Phi) is 6.02. The van der Waals surface area contributed by atoms with Gasteiger partial charge in [0, 0.05) is 5.56 Å². The second kappa shape index (κ2) is 6.53. The van der Waals surface area contributed by atoms with Gasteiger partial charge in [-0.1, -0.05) is 0 Å². The largest absolute Gasteiger partial charge is 0.505 e. The van der Waals surface area contributed by atoms with E-state index in [1.54, 1.807) is 0 Å². The van der Waals surface area contributed by atoms with E-state index in [-0.39, 0.29) is 22.6 Å². The van der Waals surface area contributed by atoms with E-state index >= 15 is 0 Å². The summed E-state index contributed by atoms with van der Waals surface area (Å²) in [4.78, 5) is 35.3. The summed E-state index contributed by atoms with van der Waals surface area (Å²) in [5, 5.41) is 18.0. The van der Waals surface area contributed by atoms with Crippen LogP contribution in [0.2, 0.25) is 0 Å². The number of aldehydes is 1. The van der Waals surface area contributed by atoms with E-state index in [1.165, 1.54) is 6.92 Å². The van der Waals surface area contributed by atoms with Crippen LogP contribution in [0, 0.1) is 12.9 Å². The number of halogens is 1. The van der Waals surface area contributed by atoms with Gasteiger partial charge in [0.05, 0.1) is 17.9 Å². The molecule has 0 saturated heterocycles. The summed E-state index contributed by atoms with van der Waals surface area (Å²) >= 11 is 0. The maximum atomic E-state index is 12.9. The number of phosphoric acid groups is 1. The van der Waals surface area contributed by atoms with E-state index in [9.17, 15) is 14.3 Å². The first-order chi connectivity index (χ1) is 8.11. The van der Waals surface area contributed by atoms with Gasteiger partial charge in [0.1, 0.15) is 5.75 Å². The first-order valence-corrected chi connectivity index (χ1v) is 5.90. The Morgan fingerprint density at radius 3 is 2.17 bits per heavy atom. The van der Waals surface area contributed by atoms with Gasteiger partial charge in [-0.15, -0.1) is 0 Å². The van der Waals surface area contributed by atoms with Gasteiger partial charge < -0.3 is 24.9 Å². The third-order valence-corrected chi connectivity index (χ3v) is 1.71. The summed E-state index contributed by atoms with van der Waals surface area (Å²) in [6, 6.07) is 0. The van der Waals surface area contributed by atoms with E-state index in [2.05, 4.69) is 4.98 Å². The number of nitrogens with zero attached hydrogens (tertiary/aromatic N) is 1. The third kappa shape index (κ3) is 5.30. The van der Waals surface area contributed by atoms with Gasteiger partial charge in [-0.05, 0) is 6.92 Å². The Hall–Kier alpha value is -1.38. The molecule has 0 radical (unpaired) electrons. The minimum atomic E-state index is -4.64. The van der Waals surface area contributed by atoms with Crippen LogP contribution < -0.4 is 0 Å². The maximum absolute atomic E-state index is 12.9. The Morgan fingerprint density at radius 1 is 1.39 bits per heavy atom. The molecule has 1 rings (SSSR count). The molecule has 0 fully saturated rings. The molecule has 0 aliphatic heterocycles. The number of aryl methyl sites for hydroxylation is 1. The number of hydrogen-bond donors (Lipinski definition) is 5. The maximum Gasteiger partial charge on any atom is 0.466 e. The third-order valence-electron chi connectivity index (χ3n) is 1.71. The van der Waals surface area contributed by atoms with Crippen molar-refractivity contribution >= 4 is 14.1 Å². The van der Waals surface area contributed by atoms with E-state index in [0.29, 0.717) is 6.29 Å². The minimum absolute atomic E-state index is 0.0248. The smallest absolute Gasteiger partial charge is 0.466 e. The number of aliphatic hydroxyl groups is 1. The van der Waals surface area contributed by atoms with Crippen LogP contribution >= 0.6 is 7.82 Å². The van der Waals surface area contributed by atoms with Crippen molar-refractivity contribution in [3.8, 4) is 5.75 Å². The average Bonchev–Trinajstić information content (AvgIpc) is 2.20. The van der Waals surface area contributed by atoms with Crippen LogP contribution in [0.25, 0.3) is 0 Å². The summed E-state index contributed by atoms with van der Waals surface area (Å²) in [6.07, 6.45) is 0.290. The van der Waals surface area contributed by atoms with Crippen molar-refractivity contribution < 1.29 is 38.6 Å². The number of aromatic hydroxyl groups is 1. The molecule has 0 aromatic carbocycles. The van der Waals surface area contributed by atoms with Crippen LogP contribution in [-0.2, 0) is 11.2 Å². The highest BCUT2D eigenvalue weighted by Gasteiger charge is 2.15. The fourth-order valence-electron chi connectivity index (χ4n) is 0.994. The van der Waals surface area contributed by atoms with Gasteiger partial charge in [-0.25, -0.2) is 9.55 Å². The molecule has 5 N–H and O–H groups in total. The van der Waals surface area contributed by atoms with Crippen LogP contribution in [0.1, 0.15) is 21.6 Å². The zero-order valence-corrected chi connectivity index (χ0v) is 10.0. The topological polar surface area (TPSA) is 148 Å². The summed E-state index contributed by atoms with van der Waals surface area (Å²) < 4.78 is 21.8. The number of aromatic nitrogens is 1. The first-order valence-electron chi connectivity index (χ1n) is 4.34. The molecular formula is C8H11FNO7P. The van der Waals surface area contributed by atoms with Gasteiger partial charge in [0.15, 0.2) is 6.29 Å². The predicted octanol–water partition coefficient (Wildman–Crippen LogP) is -0.389. The summed E-state index contributed by atoms with van der Waals surface area (Å²) in [7, 11) is -4.64. The van der Waals surface area contributed by atoms with Crippen molar-refractivity contribution in [2.75, 3.05) is 0 Å². The predicted molar refractivity (Wildman–Crippen MR) is 56.2 cm³/mol. The molecule has 0 bridgehead atoms. The normalized spacial score (nSPS) is 10.6. The Labute approximate surface area is 101 Å². The molecule has 1 aromatic heterocycles. The number of hydrogen-bond acceptors (Lipinski definition) is 5. The molecule has 0 aliphatic carbocycles. The van der Waals surface area contributed by atoms with Crippen molar-refractivity contribution in [1.29, 1.82) is 0 Å². The second-order valence-electron chi connectivity index (χ2n) is 3.02. The molecule has 102 valence electrons. The molecule has 1 aromatic rings.